The number of hydrogen-bond acceptors (Lipinski definition) is 5. The van der Waals surface area contributed by atoms with Crippen LogP contribution in [-0.2, 0) is 22.6 Å². The Hall–Kier alpha value is -4.17. The van der Waals surface area contributed by atoms with E-state index in [2.05, 4.69) is 0 Å². The largest absolute Gasteiger partial charge is 0.492 e. The molecule has 0 unspecified atom stereocenters. The van der Waals surface area contributed by atoms with Crippen molar-refractivity contribution in [3.8, 4) is 5.75 Å². The van der Waals surface area contributed by atoms with Crippen LogP contribution < -0.4 is 9.61 Å². The molecule has 0 spiro atoms. The normalized spacial score (nSPS) is 11.3. The topological polar surface area (TPSA) is 106 Å². The van der Waals surface area contributed by atoms with Gasteiger partial charge in [0.15, 0.2) is 5.92 Å². The van der Waals surface area contributed by atoms with Gasteiger partial charge in [-0.1, -0.05) is 72.0 Å². The lowest BCUT2D eigenvalue weighted by molar-refractivity contribution is -0.154. The van der Waals surface area contributed by atoms with Gasteiger partial charge >= 0.3 is 16.8 Å². The van der Waals surface area contributed by atoms with Gasteiger partial charge in [0.2, 0.25) is 0 Å². The molecule has 4 rings (SSSR count). The van der Waals surface area contributed by atoms with Gasteiger partial charge in [-0.25, -0.2) is 0 Å². The number of rotatable bonds is 10. The Bertz CT molecular complexity index is 1410. The quantitative estimate of drug-likeness (QED) is 0.248. The third kappa shape index (κ3) is 6.04. The predicted octanol–water partition coefficient (Wildman–Crippen LogP) is 4.64. The smallest absolute Gasteiger partial charge is 0.318 e. The van der Waals surface area contributed by atoms with Gasteiger partial charge in [0, 0.05) is 0 Å². The summed E-state index contributed by atoms with van der Waals surface area (Å²) in [6, 6.07) is 22.5. The van der Waals surface area contributed by atoms with Gasteiger partial charge in [0.1, 0.15) is 12.4 Å². The van der Waals surface area contributed by atoms with Crippen LogP contribution in [0.25, 0.3) is 22.4 Å². The number of fused-ring (bicyclic) bond motifs is 1. The molecule has 1 heterocycles. The minimum absolute atomic E-state index is 0.0588. The highest BCUT2D eigenvalue weighted by Gasteiger charge is 2.25. The predicted molar refractivity (Wildman–Crippen MR) is 136 cm³/mol. The van der Waals surface area contributed by atoms with E-state index in [1.165, 1.54) is 11.3 Å². The van der Waals surface area contributed by atoms with Crippen molar-refractivity contribution in [2.45, 2.75) is 13.0 Å². The maximum atomic E-state index is 12.5. The molecule has 0 aliphatic rings. The van der Waals surface area contributed by atoms with Gasteiger partial charge in [-0.15, -0.1) is 0 Å². The molecule has 2 N–H and O–H groups in total. The van der Waals surface area contributed by atoms with E-state index in [0.717, 1.165) is 21.3 Å². The first-order chi connectivity index (χ1) is 16.9. The number of aliphatic carboxylic acids is 2. The van der Waals surface area contributed by atoms with Crippen LogP contribution in [0, 0.1) is 5.92 Å². The molecular weight excluding hydrogens is 466 g/mol. The van der Waals surface area contributed by atoms with Crippen LogP contribution in [0.15, 0.2) is 77.6 Å². The van der Waals surface area contributed by atoms with E-state index in [1.807, 2.05) is 60.7 Å². The maximum absolute atomic E-state index is 12.5. The minimum Gasteiger partial charge on any atom is -0.492 e. The van der Waals surface area contributed by atoms with E-state index in [4.69, 9.17) is 14.9 Å². The van der Waals surface area contributed by atoms with Crippen LogP contribution in [0.1, 0.15) is 16.7 Å². The summed E-state index contributed by atoms with van der Waals surface area (Å²) in [6.45, 7) is 0.646. The van der Waals surface area contributed by atoms with Crippen LogP contribution in [0.4, 0.5) is 0 Å². The second kappa shape index (κ2) is 10.8. The molecule has 0 atom stereocenters. The number of carboxylic acid groups (broad SMARTS) is 2. The van der Waals surface area contributed by atoms with Crippen LogP contribution in [0.3, 0.4) is 0 Å². The van der Waals surface area contributed by atoms with Crippen molar-refractivity contribution in [2.75, 3.05) is 6.61 Å². The van der Waals surface area contributed by atoms with E-state index in [0.29, 0.717) is 17.9 Å². The fourth-order valence-corrected chi connectivity index (χ4v) is 4.61. The summed E-state index contributed by atoms with van der Waals surface area (Å²) in [5.41, 5.74) is 3.56. The van der Waals surface area contributed by atoms with Crippen molar-refractivity contribution in [3.05, 3.63) is 99.2 Å². The Labute approximate surface area is 205 Å². The van der Waals surface area contributed by atoms with E-state index in [1.54, 1.807) is 28.8 Å². The molecule has 0 aliphatic heterocycles. The second-order valence-corrected chi connectivity index (χ2v) is 8.91. The monoisotopic (exact) mass is 489 g/mol. The molecule has 0 bridgehead atoms. The van der Waals surface area contributed by atoms with E-state index in [9.17, 15) is 14.4 Å². The molecule has 0 fully saturated rings. The van der Waals surface area contributed by atoms with Crippen LogP contribution in [-0.4, -0.2) is 33.3 Å². The first kappa shape index (κ1) is 24.0. The van der Waals surface area contributed by atoms with Crippen LogP contribution in [0.2, 0.25) is 0 Å². The lowest BCUT2D eigenvalue weighted by Crippen LogP contribution is -2.25. The van der Waals surface area contributed by atoms with Crippen molar-refractivity contribution in [2.24, 2.45) is 5.92 Å². The molecule has 4 aromatic rings. The zero-order chi connectivity index (χ0) is 24.8. The standard InChI is InChI=1S/C27H23NO6S/c29-25(30)22(26(31)32)16-19-8-11-21(12-9-19)34-15-14-28-23-13-10-20(17-24(23)35-27(28)33)7-6-18-4-2-1-3-5-18/h1-13,17,22H,14-16H2,(H,29,30)(H,31,32). The Morgan fingerprint density at radius 2 is 1.60 bits per heavy atom. The van der Waals surface area contributed by atoms with Crippen molar-refractivity contribution in [1.82, 2.24) is 4.57 Å². The molecule has 0 radical (unpaired) electrons. The number of benzene rings is 3. The average Bonchev–Trinajstić information content (AvgIpc) is 3.16. The molecule has 0 saturated heterocycles. The Morgan fingerprint density at radius 3 is 2.29 bits per heavy atom. The van der Waals surface area contributed by atoms with Crippen LogP contribution in [0.5, 0.6) is 5.75 Å². The molecule has 35 heavy (non-hydrogen) atoms. The second-order valence-electron chi connectivity index (χ2n) is 7.92. The first-order valence-electron chi connectivity index (χ1n) is 10.9. The summed E-state index contributed by atoms with van der Waals surface area (Å²) in [7, 11) is 0. The molecule has 1 aromatic heterocycles. The molecule has 3 aromatic carbocycles. The maximum Gasteiger partial charge on any atom is 0.318 e. The number of carbonyl (C=O) groups is 2. The van der Waals surface area contributed by atoms with Gasteiger partial charge in [0.05, 0.1) is 16.8 Å². The number of aromatic nitrogens is 1. The fourth-order valence-electron chi connectivity index (χ4n) is 3.65. The molecule has 0 aliphatic carbocycles. The number of carboxylic acids is 2. The SMILES string of the molecule is O=C(O)C(Cc1ccc(OCCn2c(=O)sc3cc(C=Cc4ccccc4)ccc32)cc1)C(=O)O. The average molecular weight is 490 g/mol. The molecule has 7 nitrogen and oxygen atoms in total. The number of hydrogen-bond donors (Lipinski definition) is 2. The Balaban J connectivity index is 1.38. The van der Waals surface area contributed by atoms with Crippen molar-refractivity contribution >= 4 is 45.6 Å². The summed E-state index contributed by atoms with van der Waals surface area (Å²) in [4.78, 5) is 34.6. The molecule has 0 saturated carbocycles. The zero-order valence-corrected chi connectivity index (χ0v) is 19.5. The number of thiazole rings is 1. The minimum atomic E-state index is -1.49. The molecule has 8 heteroatoms. The summed E-state index contributed by atoms with van der Waals surface area (Å²) < 4.78 is 8.34. The summed E-state index contributed by atoms with van der Waals surface area (Å²) in [5.74, 6) is -3.68. The lowest BCUT2D eigenvalue weighted by atomic mass is 10.00. The van der Waals surface area contributed by atoms with Crippen molar-refractivity contribution < 1.29 is 24.5 Å². The third-order valence-corrected chi connectivity index (χ3v) is 6.45. The highest BCUT2D eigenvalue weighted by Crippen LogP contribution is 2.21. The molecule has 178 valence electrons. The fraction of sp³-hybridized carbons (Fsp3) is 0.148. The highest BCUT2D eigenvalue weighted by atomic mass is 32.1. The zero-order valence-electron chi connectivity index (χ0n) is 18.7. The third-order valence-electron chi connectivity index (χ3n) is 5.50. The number of ether oxygens (including phenoxy) is 1. The summed E-state index contributed by atoms with van der Waals surface area (Å²) in [5, 5.41) is 18.0. The number of nitrogens with zero attached hydrogens (tertiary/aromatic N) is 1. The van der Waals surface area contributed by atoms with Gasteiger partial charge in [0.25, 0.3) is 0 Å². The Kier molecular flexibility index (Phi) is 7.42. The van der Waals surface area contributed by atoms with E-state index >= 15 is 0 Å². The van der Waals surface area contributed by atoms with Crippen molar-refractivity contribution in [1.29, 1.82) is 0 Å². The first-order valence-corrected chi connectivity index (χ1v) is 11.8. The van der Waals surface area contributed by atoms with E-state index < -0.39 is 17.9 Å². The molecule has 0 amide bonds. The van der Waals surface area contributed by atoms with E-state index in [-0.39, 0.29) is 17.9 Å². The molecular formula is C27H23NO6S. The summed E-state index contributed by atoms with van der Waals surface area (Å²) >= 11 is 1.20. The highest BCUT2D eigenvalue weighted by molar-refractivity contribution is 7.16. The van der Waals surface area contributed by atoms with Gasteiger partial charge in [-0.2, -0.15) is 0 Å². The van der Waals surface area contributed by atoms with Gasteiger partial charge in [-0.05, 0) is 47.4 Å². The van der Waals surface area contributed by atoms with Crippen molar-refractivity contribution in [3.63, 3.8) is 0 Å². The lowest BCUT2D eigenvalue weighted by Gasteiger charge is -2.10. The van der Waals surface area contributed by atoms with Crippen LogP contribution >= 0.6 is 11.3 Å². The van der Waals surface area contributed by atoms with Gasteiger partial charge < -0.3 is 14.9 Å². The summed E-state index contributed by atoms with van der Waals surface area (Å²) in [6.07, 6.45) is 3.94. The van der Waals surface area contributed by atoms with Gasteiger partial charge in [-0.3, -0.25) is 19.0 Å². The Morgan fingerprint density at radius 1 is 0.914 bits per heavy atom.